The van der Waals surface area contributed by atoms with Crippen LogP contribution in [-0.2, 0) is 17.8 Å². The average Bonchev–Trinajstić information content (AvgIpc) is 3.13. The van der Waals surface area contributed by atoms with Gasteiger partial charge in [0.25, 0.3) is 0 Å². The van der Waals surface area contributed by atoms with E-state index in [9.17, 15) is 13.2 Å². The van der Waals surface area contributed by atoms with E-state index in [-0.39, 0.29) is 0 Å². The molecule has 2 N–H and O–H groups in total. The zero-order valence-electron chi connectivity index (χ0n) is 14.1. The van der Waals surface area contributed by atoms with Gasteiger partial charge in [-0.05, 0) is 36.9 Å². The van der Waals surface area contributed by atoms with Crippen molar-refractivity contribution in [2.75, 3.05) is 13.1 Å². The number of nitrogens with zero attached hydrogens (tertiary/aromatic N) is 2. The van der Waals surface area contributed by atoms with Crippen molar-refractivity contribution in [1.29, 1.82) is 0 Å². The number of carbonyl (C=O) groups is 1. The van der Waals surface area contributed by atoms with Gasteiger partial charge in [0.15, 0.2) is 0 Å². The molecule has 0 atom stereocenters. The fourth-order valence-corrected chi connectivity index (χ4v) is 3.59. The summed E-state index contributed by atoms with van der Waals surface area (Å²) in [4.78, 5) is 13.6. The van der Waals surface area contributed by atoms with E-state index in [1.807, 2.05) is 6.20 Å². The molecule has 2 aliphatic rings. The van der Waals surface area contributed by atoms with E-state index in [1.165, 1.54) is 29.9 Å². The number of halogens is 3. The molecule has 3 heterocycles. The zero-order chi connectivity index (χ0) is 18.8. The number of aliphatic carboxylic acids is 1. The minimum atomic E-state index is -5.08. The molecule has 2 aromatic rings. The van der Waals surface area contributed by atoms with Crippen molar-refractivity contribution in [3.8, 4) is 11.3 Å². The number of rotatable bonds is 1. The highest BCUT2D eigenvalue weighted by molar-refractivity contribution is 5.73. The van der Waals surface area contributed by atoms with Gasteiger partial charge < -0.3 is 15.0 Å². The third kappa shape index (κ3) is 3.90. The second-order valence-electron chi connectivity index (χ2n) is 6.74. The quantitative estimate of drug-likeness (QED) is 0.813. The van der Waals surface area contributed by atoms with Crippen LogP contribution in [0.2, 0.25) is 0 Å². The Morgan fingerprint density at radius 2 is 1.81 bits per heavy atom. The van der Waals surface area contributed by atoms with Crippen LogP contribution in [0.1, 0.15) is 18.7 Å². The van der Waals surface area contributed by atoms with Crippen molar-refractivity contribution >= 4 is 5.97 Å². The number of aromatic nitrogens is 2. The Balaban J connectivity index is 0.000000242. The molecule has 0 bridgehead atoms. The van der Waals surface area contributed by atoms with Gasteiger partial charge in [-0.2, -0.15) is 13.2 Å². The monoisotopic (exact) mass is 367 g/mol. The highest BCUT2D eigenvalue weighted by atomic mass is 19.4. The SMILES string of the molecule is O=C(O)C(F)(F)F.c1ccc(-c2cnc3n2CC2(CCNCC2)C3)cc1. The van der Waals surface area contributed by atoms with E-state index >= 15 is 0 Å². The van der Waals surface area contributed by atoms with Crippen molar-refractivity contribution in [1.82, 2.24) is 14.9 Å². The number of hydrogen-bond acceptors (Lipinski definition) is 3. The molecule has 1 spiro atoms. The number of fused-ring (bicyclic) bond motifs is 1. The fraction of sp³-hybridized carbons (Fsp3) is 0.444. The number of nitrogens with one attached hydrogen (secondary N) is 1. The summed E-state index contributed by atoms with van der Waals surface area (Å²) in [6, 6.07) is 10.6. The Morgan fingerprint density at radius 3 is 2.38 bits per heavy atom. The lowest BCUT2D eigenvalue weighted by Crippen LogP contribution is -2.37. The molecular weight excluding hydrogens is 347 g/mol. The topological polar surface area (TPSA) is 67.1 Å². The van der Waals surface area contributed by atoms with Crippen LogP contribution in [0.3, 0.4) is 0 Å². The average molecular weight is 367 g/mol. The molecule has 0 amide bonds. The summed E-state index contributed by atoms with van der Waals surface area (Å²) in [6.07, 6.45) is 0.676. The maximum Gasteiger partial charge on any atom is 0.490 e. The van der Waals surface area contributed by atoms with Crippen LogP contribution >= 0.6 is 0 Å². The standard InChI is InChI=1S/C16H19N3.C2HF3O2/c1-2-4-13(5-3-1)14-11-18-15-10-16(12-19(14)15)6-8-17-9-7-16;3-2(4,5)1(6)7/h1-5,11,17H,6-10,12H2;(H,6,7). The van der Waals surface area contributed by atoms with Crippen LogP contribution in [0.5, 0.6) is 0 Å². The van der Waals surface area contributed by atoms with Crippen LogP contribution in [0, 0.1) is 5.41 Å². The first-order chi connectivity index (χ1) is 12.3. The molecule has 1 saturated heterocycles. The molecule has 0 saturated carbocycles. The third-order valence-corrected chi connectivity index (χ3v) is 4.94. The summed E-state index contributed by atoms with van der Waals surface area (Å²) >= 11 is 0. The number of alkyl halides is 3. The number of imidazole rings is 1. The lowest BCUT2D eigenvalue weighted by molar-refractivity contribution is -0.192. The van der Waals surface area contributed by atoms with Crippen molar-refractivity contribution in [3.63, 3.8) is 0 Å². The third-order valence-electron chi connectivity index (χ3n) is 4.94. The lowest BCUT2D eigenvalue weighted by Gasteiger charge is -2.33. The van der Waals surface area contributed by atoms with E-state index in [0.29, 0.717) is 5.41 Å². The normalized spacial score (nSPS) is 18.1. The summed E-state index contributed by atoms with van der Waals surface area (Å²) in [7, 11) is 0. The van der Waals surface area contributed by atoms with E-state index in [1.54, 1.807) is 0 Å². The second-order valence-corrected chi connectivity index (χ2v) is 6.74. The summed E-state index contributed by atoms with van der Waals surface area (Å²) in [5.74, 6) is -1.48. The van der Waals surface area contributed by atoms with Gasteiger partial charge in [-0.25, -0.2) is 9.78 Å². The molecule has 0 radical (unpaired) electrons. The van der Waals surface area contributed by atoms with Gasteiger partial charge in [-0.3, -0.25) is 0 Å². The zero-order valence-corrected chi connectivity index (χ0v) is 14.1. The first-order valence-corrected chi connectivity index (χ1v) is 8.41. The summed E-state index contributed by atoms with van der Waals surface area (Å²) in [5, 5.41) is 10.6. The Bertz CT molecular complexity index is 766. The van der Waals surface area contributed by atoms with Crippen LogP contribution in [0.15, 0.2) is 36.5 Å². The van der Waals surface area contributed by atoms with Crippen LogP contribution in [0.4, 0.5) is 13.2 Å². The Labute approximate surface area is 148 Å². The van der Waals surface area contributed by atoms with Crippen molar-refractivity contribution in [2.24, 2.45) is 5.41 Å². The molecular formula is C18H20F3N3O2. The number of piperidine rings is 1. The minimum absolute atomic E-state index is 0.471. The van der Waals surface area contributed by atoms with Crippen LogP contribution in [-0.4, -0.2) is 39.9 Å². The molecule has 1 aromatic carbocycles. The molecule has 0 aliphatic carbocycles. The Hall–Kier alpha value is -2.35. The molecule has 5 nitrogen and oxygen atoms in total. The van der Waals surface area contributed by atoms with E-state index in [4.69, 9.17) is 9.90 Å². The van der Waals surface area contributed by atoms with E-state index in [2.05, 4.69) is 45.2 Å². The van der Waals surface area contributed by atoms with Crippen molar-refractivity contribution in [2.45, 2.75) is 32.0 Å². The smallest absolute Gasteiger partial charge is 0.475 e. The molecule has 1 aromatic heterocycles. The predicted molar refractivity (Wildman–Crippen MR) is 89.6 cm³/mol. The Kier molecular flexibility index (Phi) is 5.04. The van der Waals surface area contributed by atoms with Gasteiger partial charge >= 0.3 is 12.1 Å². The van der Waals surface area contributed by atoms with E-state index in [0.717, 1.165) is 26.1 Å². The minimum Gasteiger partial charge on any atom is -0.475 e. The molecule has 140 valence electrons. The molecule has 2 aliphatic heterocycles. The van der Waals surface area contributed by atoms with E-state index < -0.39 is 12.1 Å². The number of carboxylic acids is 1. The number of benzene rings is 1. The first kappa shape index (κ1) is 18.4. The van der Waals surface area contributed by atoms with Gasteiger partial charge in [-0.15, -0.1) is 0 Å². The Morgan fingerprint density at radius 1 is 1.19 bits per heavy atom. The molecule has 26 heavy (non-hydrogen) atoms. The highest BCUT2D eigenvalue weighted by Crippen LogP contribution is 2.41. The molecule has 0 unspecified atom stereocenters. The van der Waals surface area contributed by atoms with Gasteiger partial charge in [-0.1, -0.05) is 30.3 Å². The van der Waals surface area contributed by atoms with Gasteiger partial charge in [0.2, 0.25) is 0 Å². The van der Waals surface area contributed by atoms with Gasteiger partial charge in [0.1, 0.15) is 5.82 Å². The van der Waals surface area contributed by atoms with Gasteiger partial charge in [0, 0.05) is 13.0 Å². The molecule has 8 heteroatoms. The summed E-state index contributed by atoms with van der Waals surface area (Å²) < 4.78 is 34.2. The lowest BCUT2D eigenvalue weighted by atomic mass is 9.78. The van der Waals surface area contributed by atoms with Crippen LogP contribution in [0.25, 0.3) is 11.3 Å². The maximum atomic E-state index is 10.6. The second kappa shape index (κ2) is 7.11. The number of carboxylic acid groups (broad SMARTS) is 1. The van der Waals surface area contributed by atoms with Gasteiger partial charge in [0.05, 0.1) is 11.9 Å². The van der Waals surface area contributed by atoms with Crippen LogP contribution < -0.4 is 5.32 Å². The molecule has 1 fully saturated rings. The summed E-state index contributed by atoms with van der Waals surface area (Å²) in [6.45, 7) is 3.46. The van der Waals surface area contributed by atoms with Crippen molar-refractivity contribution < 1.29 is 23.1 Å². The summed E-state index contributed by atoms with van der Waals surface area (Å²) in [5.41, 5.74) is 3.04. The van der Waals surface area contributed by atoms with Crippen molar-refractivity contribution in [3.05, 3.63) is 42.4 Å². The molecule has 4 rings (SSSR count). The first-order valence-electron chi connectivity index (χ1n) is 8.41. The maximum absolute atomic E-state index is 10.6. The fourth-order valence-electron chi connectivity index (χ4n) is 3.59. The number of hydrogen-bond donors (Lipinski definition) is 2. The highest BCUT2D eigenvalue weighted by Gasteiger charge is 2.40. The predicted octanol–water partition coefficient (Wildman–Crippen LogP) is 3.11. The largest absolute Gasteiger partial charge is 0.490 e.